The first-order valence-corrected chi connectivity index (χ1v) is 4.02. The summed E-state index contributed by atoms with van der Waals surface area (Å²) in [7, 11) is 0. The molecule has 0 nitrogen and oxygen atoms in total. The molecule has 1 heterocycles. The van der Waals surface area contributed by atoms with E-state index >= 15 is 0 Å². The van der Waals surface area contributed by atoms with E-state index in [1.54, 1.807) is 11.3 Å². The molecule has 7 heavy (non-hydrogen) atoms. The van der Waals surface area contributed by atoms with Gasteiger partial charge in [0.25, 0.3) is 0 Å². The Balaban J connectivity index is 3.04. The second kappa shape index (κ2) is 2.33. The molecular formula is C4H2ClIS. The molecule has 38 valence electrons. The van der Waals surface area contributed by atoms with Crippen LogP contribution in [0, 0.1) is 2.88 Å². The van der Waals surface area contributed by atoms with Crippen LogP contribution in [0.2, 0.25) is 5.02 Å². The van der Waals surface area contributed by atoms with Crippen LogP contribution >= 0.6 is 45.5 Å². The molecule has 0 fully saturated rings. The van der Waals surface area contributed by atoms with Crippen molar-refractivity contribution in [3.05, 3.63) is 19.4 Å². The zero-order chi connectivity index (χ0) is 5.28. The van der Waals surface area contributed by atoms with Crippen LogP contribution in [0.4, 0.5) is 0 Å². The molecule has 0 spiro atoms. The molecule has 1 rings (SSSR count). The highest BCUT2D eigenvalue weighted by Gasteiger charge is 1.88. The van der Waals surface area contributed by atoms with Crippen LogP contribution in [-0.2, 0) is 0 Å². The van der Waals surface area contributed by atoms with Gasteiger partial charge in [0, 0.05) is 5.38 Å². The third-order valence-electron chi connectivity index (χ3n) is 0.535. The first kappa shape index (κ1) is 5.85. The predicted octanol–water partition coefficient (Wildman–Crippen LogP) is 3.01. The SMILES string of the molecule is Clc1csc(I)c1. The number of hydrogen-bond donors (Lipinski definition) is 0. The lowest BCUT2D eigenvalue weighted by Crippen LogP contribution is -1.43. The Kier molecular flexibility index (Phi) is 1.94. The van der Waals surface area contributed by atoms with Gasteiger partial charge in [-0.2, -0.15) is 0 Å². The molecule has 0 saturated heterocycles. The van der Waals surface area contributed by atoms with Crippen molar-refractivity contribution in [3.8, 4) is 0 Å². The zero-order valence-electron chi connectivity index (χ0n) is 3.32. The van der Waals surface area contributed by atoms with E-state index in [4.69, 9.17) is 11.6 Å². The third-order valence-corrected chi connectivity index (χ3v) is 2.67. The van der Waals surface area contributed by atoms with Crippen LogP contribution in [0.15, 0.2) is 11.4 Å². The van der Waals surface area contributed by atoms with Crippen molar-refractivity contribution in [2.45, 2.75) is 0 Å². The highest BCUT2D eigenvalue weighted by Crippen LogP contribution is 2.19. The van der Waals surface area contributed by atoms with Crippen LogP contribution in [0.3, 0.4) is 0 Å². The molecule has 0 aliphatic heterocycles. The van der Waals surface area contributed by atoms with E-state index in [0.717, 1.165) is 5.02 Å². The van der Waals surface area contributed by atoms with Crippen molar-refractivity contribution < 1.29 is 0 Å². The van der Waals surface area contributed by atoms with Crippen LogP contribution in [0.1, 0.15) is 0 Å². The predicted molar refractivity (Wildman–Crippen MR) is 42.0 cm³/mol. The molecule has 3 heteroatoms. The van der Waals surface area contributed by atoms with E-state index in [1.807, 2.05) is 11.4 Å². The first-order valence-electron chi connectivity index (χ1n) is 1.68. The second-order valence-electron chi connectivity index (χ2n) is 1.07. The van der Waals surface area contributed by atoms with Crippen molar-refractivity contribution in [3.63, 3.8) is 0 Å². The summed E-state index contributed by atoms with van der Waals surface area (Å²) >= 11 is 9.46. The minimum Gasteiger partial charge on any atom is -0.136 e. The minimum atomic E-state index is 0.842. The third kappa shape index (κ3) is 1.58. The van der Waals surface area contributed by atoms with Gasteiger partial charge in [0.1, 0.15) is 0 Å². The minimum absolute atomic E-state index is 0.842. The molecule has 0 bridgehead atoms. The smallest absolute Gasteiger partial charge is 0.0668 e. The summed E-state index contributed by atoms with van der Waals surface area (Å²) in [6.45, 7) is 0. The maximum atomic E-state index is 5.57. The quantitative estimate of drug-likeness (QED) is 0.616. The Morgan fingerprint density at radius 2 is 2.43 bits per heavy atom. The molecule has 0 unspecified atom stereocenters. The van der Waals surface area contributed by atoms with E-state index in [2.05, 4.69) is 22.6 Å². The number of halogens is 2. The summed E-state index contributed by atoms with van der Waals surface area (Å²) in [5.41, 5.74) is 0. The van der Waals surface area contributed by atoms with Gasteiger partial charge in [0.05, 0.1) is 7.91 Å². The van der Waals surface area contributed by atoms with Crippen LogP contribution in [0.25, 0.3) is 0 Å². The lowest BCUT2D eigenvalue weighted by molar-refractivity contribution is 1.95. The summed E-state index contributed by atoms with van der Waals surface area (Å²) in [4.78, 5) is 0. The Hall–Kier alpha value is 0.720. The molecule has 0 aromatic carbocycles. The second-order valence-corrected chi connectivity index (χ2v) is 4.31. The zero-order valence-corrected chi connectivity index (χ0v) is 7.05. The van der Waals surface area contributed by atoms with E-state index in [-0.39, 0.29) is 0 Å². The monoisotopic (exact) mass is 244 g/mol. The normalized spacial score (nSPS) is 9.43. The fourth-order valence-corrected chi connectivity index (χ4v) is 1.99. The first-order chi connectivity index (χ1) is 3.29. The van der Waals surface area contributed by atoms with Crippen molar-refractivity contribution in [2.24, 2.45) is 0 Å². The van der Waals surface area contributed by atoms with Gasteiger partial charge in [-0.1, -0.05) is 11.6 Å². The molecule has 1 aromatic rings. The fraction of sp³-hybridized carbons (Fsp3) is 0. The van der Waals surface area contributed by atoms with Gasteiger partial charge in [-0.15, -0.1) is 11.3 Å². The summed E-state index contributed by atoms with van der Waals surface area (Å²) in [6.07, 6.45) is 0. The summed E-state index contributed by atoms with van der Waals surface area (Å²) < 4.78 is 1.24. The summed E-state index contributed by atoms with van der Waals surface area (Å²) in [5.74, 6) is 0. The Morgan fingerprint density at radius 3 is 2.57 bits per heavy atom. The van der Waals surface area contributed by atoms with Gasteiger partial charge in [-0.05, 0) is 28.7 Å². The highest BCUT2D eigenvalue weighted by atomic mass is 127. The Labute approximate surface area is 64.6 Å². The Bertz CT molecular complexity index is 144. The molecule has 1 aromatic heterocycles. The summed E-state index contributed by atoms with van der Waals surface area (Å²) in [6, 6.07) is 1.94. The fourth-order valence-electron chi connectivity index (χ4n) is 0.289. The van der Waals surface area contributed by atoms with Crippen LogP contribution in [-0.4, -0.2) is 0 Å². The molecule has 0 amide bonds. The molecule has 0 atom stereocenters. The van der Waals surface area contributed by atoms with E-state index in [1.165, 1.54) is 2.88 Å². The molecule has 0 saturated carbocycles. The van der Waals surface area contributed by atoms with E-state index in [0.29, 0.717) is 0 Å². The van der Waals surface area contributed by atoms with Crippen molar-refractivity contribution >= 4 is 45.5 Å². The van der Waals surface area contributed by atoms with Crippen LogP contribution < -0.4 is 0 Å². The maximum Gasteiger partial charge on any atom is 0.0668 e. The standard InChI is InChI=1S/C4H2ClIS/c5-3-1-4(6)7-2-3/h1-2H. The van der Waals surface area contributed by atoms with Gasteiger partial charge in [-0.25, -0.2) is 0 Å². The van der Waals surface area contributed by atoms with E-state index in [9.17, 15) is 0 Å². The largest absolute Gasteiger partial charge is 0.136 e. The average molecular weight is 244 g/mol. The van der Waals surface area contributed by atoms with Gasteiger partial charge in [0.2, 0.25) is 0 Å². The lowest BCUT2D eigenvalue weighted by Gasteiger charge is -1.66. The molecule has 0 aliphatic rings. The molecule has 0 aliphatic carbocycles. The number of thiophene rings is 1. The molecular weight excluding hydrogens is 242 g/mol. The van der Waals surface area contributed by atoms with Gasteiger partial charge < -0.3 is 0 Å². The Morgan fingerprint density at radius 1 is 1.71 bits per heavy atom. The maximum absolute atomic E-state index is 5.57. The molecule has 0 radical (unpaired) electrons. The summed E-state index contributed by atoms with van der Waals surface area (Å²) in [5, 5.41) is 2.76. The topological polar surface area (TPSA) is 0 Å². The van der Waals surface area contributed by atoms with Crippen molar-refractivity contribution in [1.82, 2.24) is 0 Å². The lowest BCUT2D eigenvalue weighted by atomic mass is 10.7. The van der Waals surface area contributed by atoms with Crippen molar-refractivity contribution in [1.29, 1.82) is 0 Å². The van der Waals surface area contributed by atoms with Gasteiger partial charge >= 0.3 is 0 Å². The van der Waals surface area contributed by atoms with Gasteiger partial charge in [0.15, 0.2) is 0 Å². The van der Waals surface area contributed by atoms with Gasteiger partial charge in [-0.3, -0.25) is 0 Å². The van der Waals surface area contributed by atoms with E-state index < -0.39 is 0 Å². The number of hydrogen-bond acceptors (Lipinski definition) is 1. The molecule has 0 N–H and O–H groups in total. The van der Waals surface area contributed by atoms with Crippen molar-refractivity contribution in [2.75, 3.05) is 0 Å². The average Bonchev–Trinajstić information content (AvgIpc) is 1.87. The highest BCUT2D eigenvalue weighted by molar-refractivity contribution is 14.1. The number of rotatable bonds is 0. The van der Waals surface area contributed by atoms with Crippen LogP contribution in [0.5, 0.6) is 0 Å².